The molecule has 3 N–H and O–H groups in total. The number of benzene rings is 3. The molecule has 0 aliphatic carbocycles. The van der Waals surface area contributed by atoms with Gasteiger partial charge in [-0.15, -0.1) is 0 Å². The van der Waals surface area contributed by atoms with E-state index in [0.717, 1.165) is 22.3 Å². The minimum atomic E-state index is -3.56. The van der Waals surface area contributed by atoms with Crippen LogP contribution >= 0.6 is 11.8 Å². The molecule has 0 aliphatic rings. The largest absolute Gasteiger partial charge is 0.480 e. The summed E-state index contributed by atoms with van der Waals surface area (Å²) in [5.41, 5.74) is 4.54. The molecule has 0 saturated heterocycles. The Bertz CT molecular complexity index is 1430. The van der Waals surface area contributed by atoms with Crippen LogP contribution in [0.25, 0.3) is 11.1 Å². The van der Waals surface area contributed by atoms with Crippen LogP contribution in [0.2, 0.25) is 0 Å². The highest BCUT2D eigenvalue weighted by atomic mass is 32.2. The Morgan fingerprint density at radius 3 is 2.36 bits per heavy atom. The average molecular weight is 612 g/mol. The fourth-order valence-corrected chi connectivity index (χ4v) is 6.65. The first-order valence-corrected chi connectivity index (χ1v) is 17.0. The molecule has 1 unspecified atom stereocenters. The number of rotatable bonds is 17. The summed E-state index contributed by atoms with van der Waals surface area (Å²) >= 11 is 1.52. The Morgan fingerprint density at radius 2 is 1.69 bits per heavy atom. The monoisotopic (exact) mass is 611 g/mol. The Balaban J connectivity index is 1.97. The van der Waals surface area contributed by atoms with Gasteiger partial charge in [0.25, 0.3) is 5.91 Å². The lowest BCUT2D eigenvalue weighted by Gasteiger charge is -2.23. The van der Waals surface area contributed by atoms with Gasteiger partial charge in [-0.3, -0.25) is 4.79 Å². The van der Waals surface area contributed by atoms with Crippen LogP contribution in [0.15, 0.2) is 72.8 Å². The fraction of sp³-hybridized carbons (Fsp3) is 0.375. The average Bonchev–Trinajstić information content (AvgIpc) is 2.97. The summed E-state index contributed by atoms with van der Waals surface area (Å²) in [4.78, 5) is 25.3. The summed E-state index contributed by atoms with van der Waals surface area (Å²) < 4.78 is 28.5. The standard InChI is InChI=1S/C32H41N3O5S2/c1-24-10-7-8-13-27(24)29-22-26(14-15-28(29)31(36)34-30(32(37)38)17-20-41-3)23-35(42(39,40)21-9-18-33-2)19-16-25-11-5-4-6-12-25/h4-8,10-15,22,30,33H,9,16-21,23H2,1-3H3,(H,34,36)(H,37,38). The van der Waals surface area contributed by atoms with Crippen molar-refractivity contribution in [3.8, 4) is 11.1 Å². The van der Waals surface area contributed by atoms with Crippen LogP contribution in [-0.2, 0) is 27.8 Å². The number of carbonyl (C=O) groups excluding carboxylic acids is 1. The van der Waals surface area contributed by atoms with E-state index in [1.807, 2.05) is 73.8 Å². The molecule has 1 atom stereocenters. The number of hydrogen-bond donors (Lipinski definition) is 3. The van der Waals surface area contributed by atoms with Crippen molar-refractivity contribution in [2.75, 3.05) is 37.9 Å². The van der Waals surface area contributed by atoms with E-state index in [1.165, 1.54) is 16.1 Å². The minimum Gasteiger partial charge on any atom is -0.480 e. The van der Waals surface area contributed by atoms with Crippen molar-refractivity contribution in [3.05, 3.63) is 95.1 Å². The van der Waals surface area contributed by atoms with Crippen LogP contribution in [0.4, 0.5) is 0 Å². The smallest absolute Gasteiger partial charge is 0.326 e. The van der Waals surface area contributed by atoms with Crippen LogP contribution in [0.1, 0.15) is 39.9 Å². The molecule has 0 aliphatic heterocycles. The molecule has 0 radical (unpaired) electrons. The summed E-state index contributed by atoms with van der Waals surface area (Å²) in [5, 5.41) is 15.4. The van der Waals surface area contributed by atoms with Crippen molar-refractivity contribution in [1.82, 2.24) is 14.9 Å². The number of sulfonamides is 1. The van der Waals surface area contributed by atoms with Gasteiger partial charge in [0.2, 0.25) is 10.0 Å². The van der Waals surface area contributed by atoms with E-state index in [1.54, 1.807) is 19.2 Å². The number of carboxylic acids is 1. The SMILES string of the molecule is CNCCCS(=O)(=O)N(CCc1ccccc1)Cc1ccc(C(=O)NC(CCSC)C(=O)O)c(-c2ccccc2C)c1. The summed E-state index contributed by atoms with van der Waals surface area (Å²) in [5.74, 6) is -0.930. The molecule has 1 amide bonds. The quantitative estimate of drug-likeness (QED) is 0.191. The molecule has 0 aromatic heterocycles. The summed E-state index contributed by atoms with van der Waals surface area (Å²) in [6.07, 6.45) is 3.26. The highest BCUT2D eigenvalue weighted by Gasteiger charge is 2.25. The molecule has 42 heavy (non-hydrogen) atoms. The molecule has 0 heterocycles. The zero-order chi connectivity index (χ0) is 30.5. The zero-order valence-corrected chi connectivity index (χ0v) is 26.1. The van der Waals surface area contributed by atoms with Gasteiger partial charge in [-0.05, 0) is 91.7 Å². The van der Waals surface area contributed by atoms with Gasteiger partial charge in [0, 0.05) is 18.7 Å². The molecule has 3 aromatic rings. The van der Waals surface area contributed by atoms with Crippen molar-refractivity contribution in [1.29, 1.82) is 0 Å². The van der Waals surface area contributed by atoms with E-state index in [-0.39, 0.29) is 12.3 Å². The van der Waals surface area contributed by atoms with E-state index >= 15 is 0 Å². The van der Waals surface area contributed by atoms with Crippen LogP contribution in [0.5, 0.6) is 0 Å². The van der Waals surface area contributed by atoms with Gasteiger partial charge in [-0.1, -0.05) is 60.7 Å². The summed E-state index contributed by atoms with van der Waals surface area (Å²) in [7, 11) is -1.76. The first-order valence-electron chi connectivity index (χ1n) is 14.0. The number of amides is 1. The predicted molar refractivity (Wildman–Crippen MR) is 171 cm³/mol. The highest BCUT2D eigenvalue weighted by molar-refractivity contribution is 7.98. The topological polar surface area (TPSA) is 116 Å². The third-order valence-corrected chi connectivity index (χ3v) is 9.60. The van der Waals surface area contributed by atoms with Crippen molar-refractivity contribution in [2.45, 2.75) is 38.8 Å². The number of hydrogen-bond acceptors (Lipinski definition) is 6. The maximum absolute atomic E-state index is 13.5. The van der Waals surface area contributed by atoms with Crippen molar-refractivity contribution >= 4 is 33.7 Å². The number of nitrogens with one attached hydrogen (secondary N) is 2. The lowest BCUT2D eigenvalue weighted by Crippen LogP contribution is -2.41. The van der Waals surface area contributed by atoms with Gasteiger partial charge in [0.1, 0.15) is 6.04 Å². The van der Waals surface area contributed by atoms with E-state index in [2.05, 4.69) is 10.6 Å². The molecule has 3 rings (SSSR count). The fourth-order valence-electron chi connectivity index (χ4n) is 4.69. The Kier molecular flexibility index (Phi) is 13.1. The van der Waals surface area contributed by atoms with Gasteiger partial charge in [-0.2, -0.15) is 16.1 Å². The lowest BCUT2D eigenvalue weighted by molar-refractivity contribution is -0.139. The van der Waals surface area contributed by atoms with Crippen molar-refractivity contribution < 1.29 is 23.1 Å². The summed E-state index contributed by atoms with van der Waals surface area (Å²) in [6, 6.07) is 21.7. The van der Waals surface area contributed by atoms with E-state index in [0.29, 0.717) is 49.2 Å². The first-order chi connectivity index (χ1) is 20.2. The van der Waals surface area contributed by atoms with Gasteiger partial charge in [0.05, 0.1) is 5.75 Å². The third-order valence-electron chi connectivity index (χ3n) is 7.05. The minimum absolute atomic E-state index is 0.0282. The molecule has 3 aromatic carbocycles. The molecule has 8 nitrogen and oxygen atoms in total. The number of nitrogens with zero attached hydrogens (tertiary/aromatic N) is 1. The summed E-state index contributed by atoms with van der Waals surface area (Å²) in [6.45, 7) is 3.02. The zero-order valence-electron chi connectivity index (χ0n) is 24.5. The third kappa shape index (κ3) is 9.69. The van der Waals surface area contributed by atoms with Gasteiger partial charge < -0.3 is 15.7 Å². The van der Waals surface area contributed by atoms with Crippen LogP contribution in [0.3, 0.4) is 0 Å². The Hall–Kier alpha value is -3.18. The van der Waals surface area contributed by atoms with Crippen molar-refractivity contribution in [3.63, 3.8) is 0 Å². The van der Waals surface area contributed by atoms with E-state index < -0.39 is 27.9 Å². The van der Waals surface area contributed by atoms with Gasteiger partial charge in [-0.25, -0.2) is 13.2 Å². The highest BCUT2D eigenvalue weighted by Crippen LogP contribution is 2.29. The number of carbonyl (C=O) groups is 2. The molecular formula is C32H41N3O5S2. The van der Waals surface area contributed by atoms with Gasteiger partial charge in [0.15, 0.2) is 0 Å². The molecule has 226 valence electrons. The number of aryl methyl sites for hydroxylation is 1. The van der Waals surface area contributed by atoms with Crippen LogP contribution in [-0.4, -0.2) is 73.6 Å². The second kappa shape index (κ2) is 16.5. The van der Waals surface area contributed by atoms with Crippen molar-refractivity contribution in [2.24, 2.45) is 0 Å². The molecular weight excluding hydrogens is 571 g/mol. The first kappa shape index (κ1) is 33.3. The Labute approximate surface area is 254 Å². The normalized spacial score (nSPS) is 12.3. The maximum atomic E-state index is 13.5. The maximum Gasteiger partial charge on any atom is 0.326 e. The second-order valence-electron chi connectivity index (χ2n) is 10.2. The molecule has 0 spiro atoms. The Morgan fingerprint density at radius 1 is 0.976 bits per heavy atom. The second-order valence-corrected chi connectivity index (χ2v) is 13.3. The van der Waals surface area contributed by atoms with Crippen LogP contribution in [0, 0.1) is 6.92 Å². The van der Waals surface area contributed by atoms with Crippen LogP contribution < -0.4 is 10.6 Å². The number of thioether (sulfide) groups is 1. The molecule has 0 saturated carbocycles. The number of aliphatic carboxylic acids is 1. The van der Waals surface area contributed by atoms with E-state index in [9.17, 15) is 23.1 Å². The number of carboxylic acid groups (broad SMARTS) is 1. The predicted octanol–water partition coefficient (Wildman–Crippen LogP) is 4.58. The van der Waals surface area contributed by atoms with Gasteiger partial charge >= 0.3 is 5.97 Å². The molecule has 10 heteroatoms. The lowest BCUT2D eigenvalue weighted by atomic mass is 9.93. The molecule has 0 bridgehead atoms. The van der Waals surface area contributed by atoms with E-state index in [4.69, 9.17) is 0 Å². The molecule has 0 fully saturated rings.